The van der Waals surface area contributed by atoms with Crippen molar-refractivity contribution in [1.29, 1.82) is 0 Å². The average molecular weight is 528 g/mol. The number of ether oxygens (including phenoxy) is 2. The monoisotopic (exact) mass is 527 g/mol. The molecule has 1 atom stereocenters. The Hall–Kier alpha value is -4.40. The highest BCUT2D eigenvalue weighted by molar-refractivity contribution is 6.02. The van der Waals surface area contributed by atoms with Gasteiger partial charge in [0.1, 0.15) is 31.3 Å². The van der Waals surface area contributed by atoms with Crippen molar-refractivity contribution in [3.63, 3.8) is 0 Å². The minimum Gasteiger partial charge on any atom is -0.486 e. The molecule has 0 radical (unpaired) electrons. The summed E-state index contributed by atoms with van der Waals surface area (Å²) < 4.78 is 13.1. The number of rotatable bonds is 8. The number of amides is 2. The predicted octanol–water partition coefficient (Wildman–Crippen LogP) is 4.59. The van der Waals surface area contributed by atoms with Gasteiger partial charge in [0.05, 0.1) is 5.52 Å². The third-order valence-corrected chi connectivity index (χ3v) is 7.02. The molecule has 0 saturated heterocycles. The van der Waals surface area contributed by atoms with Crippen LogP contribution in [0.25, 0.3) is 11.0 Å². The van der Waals surface area contributed by atoms with Crippen LogP contribution in [0, 0.1) is 6.92 Å². The Kier molecular flexibility index (Phi) is 7.24. The second-order valence-corrected chi connectivity index (χ2v) is 10.4. The molecule has 5 rings (SSSR count). The van der Waals surface area contributed by atoms with Crippen molar-refractivity contribution in [2.24, 2.45) is 0 Å². The zero-order valence-electron chi connectivity index (χ0n) is 22.7. The molecular weight excluding hydrogens is 494 g/mol. The smallest absolute Gasteiger partial charge is 0.249 e. The number of aromatic nitrogens is 3. The van der Waals surface area contributed by atoms with E-state index in [1.54, 1.807) is 22.9 Å². The second kappa shape index (κ2) is 10.8. The Balaban J connectivity index is 1.62. The van der Waals surface area contributed by atoms with Crippen LogP contribution in [0.5, 0.6) is 11.5 Å². The van der Waals surface area contributed by atoms with Crippen LogP contribution < -0.4 is 19.7 Å². The Morgan fingerprint density at radius 1 is 1.03 bits per heavy atom. The molecule has 0 aliphatic carbocycles. The fourth-order valence-corrected chi connectivity index (χ4v) is 4.51. The van der Waals surface area contributed by atoms with Gasteiger partial charge in [-0.1, -0.05) is 54.1 Å². The van der Waals surface area contributed by atoms with E-state index in [0.29, 0.717) is 41.5 Å². The molecule has 0 saturated carbocycles. The molecule has 3 aromatic carbocycles. The zero-order chi connectivity index (χ0) is 27.6. The fraction of sp³-hybridized carbons (Fsp3) is 0.333. The Labute approximate surface area is 227 Å². The van der Waals surface area contributed by atoms with Gasteiger partial charge < -0.3 is 14.8 Å². The largest absolute Gasteiger partial charge is 0.486 e. The third-order valence-electron chi connectivity index (χ3n) is 7.02. The summed E-state index contributed by atoms with van der Waals surface area (Å²) >= 11 is 0. The molecule has 2 heterocycles. The van der Waals surface area contributed by atoms with E-state index in [-0.39, 0.29) is 18.4 Å². The van der Waals surface area contributed by atoms with Gasteiger partial charge in [0.2, 0.25) is 11.8 Å². The van der Waals surface area contributed by atoms with Gasteiger partial charge in [0, 0.05) is 17.3 Å². The molecule has 0 unspecified atom stereocenters. The average Bonchev–Trinajstić information content (AvgIpc) is 3.34. The van der Waals surface area contributed by atoms with Crippen LogP contribution in [0.15, 0.2) is 66.7 Å². The van der Waals surface area contributed by atoms with Gasteiger partial charge in [-0.05, 0) is 57.0 Å². The van der Waals surface area contributed by atoms with E-state index >= 15 is 0 Å². The Morgan fingerprint density at radius 3 is 2.49 bits per heavy atom. The Bertz CT molecular complexity index is 1500. The molecule has 1 aliphatic rings. The highest BCUT2D eigenvalue weighted by Crippen LogP contribution is 2.37. The lowest BCUT2D eigenvalue weighted by Crippen LogP contribution is -2.51. The van der Waals surface area contributed by atoms with Crippen LogP contribution in [0.1, 0.15) is 44.4 Å². The summed E-state index contributed by atoms with van der Waals surface area (Å²) in [6.45, 7) is 8.68. The number of hydrogen-bond donors (Lipinski definition) is 1. The third kappa shape index (κ3) is 5.57. The van der Waals surface area contributed by atoms with Crippen molar-refractivity contribution >= 4 is 28.5 Å². The van der Waals surface area contributed by atoms with Crippen LogP contribution in [0.2, 0.25) is 0 Å². The quantitative estimate of drug-likeness (QED) is 0.360. The summed E-state index contributed by atoms with van der Waals surface area (Å²) in [5.74, 6) is 0.526. The summed E-state index contributed by atoms with van der Waals surface area (Å²) in [6.07, 6.45) is 0.724. The molecule has 202 valence electrons. The SMILES string of the molecule is CCC(C)(C)NC(=O)[C@H](c1ccc(C)cc1)N(C(=O)Cn1nnc2ccccc21)c1ccc2c(c1)OCCO2. The Morgan fingerprint density at radius 2 is 1.74 bits per heavy atom. The fourth-order valence-electron chi connectivity index (χ4n) is 4.51. The van der Waals surface area contributed by atoms with E-state index in [1.807, 2.05) is 76.2 Å². The highest BCUT2D eigenvalue weighted by atomic mass is 16.6. The van der Waals surface area contributed by atoms with Crippen molar-refractivity contribution in [2.45, 2.75) is 52.2 Å². The van der Waals surface area contributed by atoms with Crippen LogP contribution >= 0.6 is 0 Å². The molecule has 0 fully saturated rings. The summed E-state index contributed by atoms with van der Waals surface area (Å²) in [7, 11) is 0. The minimum absolute atomic E-state index is 0.109. The number of nitrogens with zero attached hydrogens (tertiary/aromatic N) is 4. The number of carbonyl (C=O) groups is 2. The minimum atomic E-state index is -0.943. The number of hydrogen-bond acceptors (Lipinski definition) is 6. The van der Waals surface area contributed by atoms with Gasteiger partial charge in [-0.25, -0.2) is 4.68 Å². The van der Waals surface area contributed by atoms with Gasteiger partial charge in [-0.3, -0.25) is 14.5 Å². The summed E-state index contributed by atoms with van der Waals surface area (Å²) in [6, 6.07) is 19.5. The second-order valence-electron chi connectivity index (χ2n) is 10.4. The maximum atomic E-state index is 14.2. The number of para-hydroxylation sites is 1. The van der Waals surface area contributed by atoms with E-state index in [1.165, 1.54) is 4.90 Å². The predicted molar refractivity (Wildman–Crippen MR) is 149 cm³/mol. The molecular formula is C30H33N5O4. The molecule has 9 heteroatoms. The van der Waals surface area contributed by atoms with Crippen molar-refractivity contribution in [2.75, 3.05) is 18.1 Å². The lowest BCUT2D eigenvalue weighted by atomic mass is 9.97. The maximum absolute atomic E-state index is 14.2. The maximum Gasteiger partial charge on any atom is 0.249 e. The molecule has 1 N–H and O–H groups in total. The van der Waals surface area contributed by atoms with E-state index in [4.69, 9.17) is 9.47 Å². The lowest BCUT2D eigenvalue weighted by molar-refractivity contribution is -0.128. The first-order valence-electron chi connectivity index (χ1n) is 13.1. The van der Waals surface area contributed by atoms with Gasteiger partial charge in [-0.15, -0.1) is 5.10 Å². The number of nitrogens with one attached hydrogen (secondary N) is 1. The number of carbonyl (C=O) groups excluding carboxylic acids is 2. The molecule has 2 amide bonds. The van der Waals surface area contributed by atoms with Crippen molar-refractivity contribution in [3.8, 4) is 11.5 Å². The topological polar surface area (TPSA) is 98.6 Å². The van der Waals surface area contributed by atoms with E-state index in [2.05, 4.69) is 15.6 Å². The number of benzene rings is 3. The summed E-state index contributed by atoms with van der Waals surface area (Å²) in [5, 5.41) is 11.6. The van der Waals surface area contributed by atoms with E-state index in [9.17, 15) is 9.59 Å². The molecule has 1 aliphatic heterocycles. The lowest BCUT2D eigenvalue weighted by Gasteiger charge is -2.35. The molecule has 1 aromatic heterocycles. The zero-order valence-corrected chi connectivity index (χ0v) is 22.7. The van der Waals surface area contributed by atoms with Crippen LogP contribution in [0.3, 0.4) is 0 Å². The molecule has 9 nitrogen and oxygen atoms in total. The van der Waals surface area contributed by atoms with Crippen molar-refractivity contribution in [1.82, 2.24) is 20.3 Å². The first-order chi connectivity index (χ1) is 18.8. The van der Waals surface area contributed by atoms with Crippen molar-refractivity contribution in [3.05, 3.63) is 77.9 Å². The van der Waals surface area contributed by atoms with Crippen LogP contribution in [-0.2, 0) is 16.1 Å². The van der Waals surface area contributed by atoms with E-state index < -0.39 is 11.6 Å². The molecule has 39 heavy (non-hydrogen) atoms. The first-order valence-corrected chi connectivity index (χ1v) is 13.1. The number of fused-ring (bicyclic) bond motifs is 2. The summed E-state index contributed by atoms with van der Waals surface area (Å²) in [5.41, 5.74) is 3.22. The van der Waals surface area contributed by atoms with Gasteiger partial charge in [0.15, 0.2) is 11.5 Å². The van der Waals surface area contributed by atoms with Crippen molar-refractivity contribution < 1.29 is 19.1 Å². The first kappa shape index (κ1) is 26.2. The van der Waals surface area contributed by atoms with Crippen LogP contribution in [0.4, 0.5) is 5.69 Å². The van der Waals surface area contributed by atoms with Gasteiger partial charge in [0.25, 0.3) is 0 Å². The standard InChI is InChI=1S/C30H33N5O4/c1-5-30(3,4)31-29(37)28(21-12-10-20(2)11-13-21)35(22-14-15-25-26(18-22)39-17-16-38-25)27(36)19-34-24-9-7-6-8-23(24)32-33-34/h6-15,18,28H,5,16-17,19H2,1-4H3,(H,31,37)/t28-/m0/s1. The highest BCUT2D eigenvalue weighted by Gasteiger charge is 2.36. The summed E-state index contributed by atoms with van der Waals surface area (Å²) in [4.78, 5) is 29.8. The van der Waals surface area contributed by atoms with Crippen LogP contribution in [-0.4, -0.2) is 45.6 Å². The normalized spacial score (nSPS) is 13.6. The number of aryl methyl sites for hydroxylation is 1. The van der Waals surface area contributed by atoms with E-state index in [0.717, 1.165) is 17.5 Å². The molecule has 0 bridgehead atoms. The van der Waals surface area contributed by atoms with Gasteiger partial charge >= 0.3 is 0 Å². The molecule has 4 aromatic rings. The number of anilines is 1. The molecule has 0 spiro atoms. The van der Waals surface area contributed by atoms with Gasteiger partial charge in [-0.2, -0.15) is 0 Å².